The van der Waals surface area contributed by atoms with Crippen molar-refractivity contribution in [3.8, 4) is 0 Å². The van der Waals surface area contributed by atoms with Crippen molar-refractivity contribution < 1.29 is 4.74 Å². The number of ether oxygens (including phenoxy) is 1. The fourth-order valence-electron chi connectivity index (χ4n) is 4.83. The minimum Gasteiger partial charge on any atom is -0.381 e. The summed E-state index contributed by atoms with van der Waals surface area (Å²) in [5, 5.41) is 0. The molecule has 2 saturated heterocycles. The van der Waals surface area contributed by atoms with Crippen molar-refractivity contribution in [2.75, 3.05) is 45.9 Å². The normalized spacial score (nSPS) is 26.7. The quantitative estimate of drug-likeness (QED) is 0.853. The predicted molar refractivity (Wildman–Crippen MR) is 99.6 cm³/mol. The van der Waals surface area contributed by atoms with Crippen molar-refractivity contribution in [2.24, 2.45) is 5.92 Å². The molecule has 1 atom stereocenters. The van der Waals surface area contributed by atoms with Crippen LogP contribution in [0.2, 0.25) is 0 Å². The number of aromatic amines is 1. The van der Waals surface area contributed by atoms with Crippen LogP contribution in [0.5, 0.6) is 0 Å². The Hall–Kier alpha value is -1.17. The number of H-pyrrole nitrogens is 1. The SMILES string of the molecule is CC(C)=CCN1CCc2[nH]cnc2C12CCN(C[C@@H]1CCOC1)CC2. The highest BCUT2D eigenvalue weighted by Gasteiger charge is 2.46. The number of hydrogen-bond donors (Lipinski definition) is 1. The zero-order valence-electron chi connectivity index (χ0n) is 15.8. The summed E-state index contributed by atoms with van der Waals surface area (Å²) < 4.78 is 5.56. The molecule has 0 aromatic carbocycles. The summed E-state index contributed by atoms with van der Waals surface area (Å²) in [6, 6.07) is 0. The monoisotopic (exact) mass is 344 g/mol. The Kier molecular flexibility index (Phi) is 4.98. The van der Waals surface area contributed by atoms with Crippen LogP contribution in [-0.4, -0.2) is 65.7 Å². The summed E-state index contributed by atoms with van der Waals surface area (Å²) in [6.07, 6.45) is 8.99. The largest absolute Gasteiger partial charge is 0.381 e. The second-order valence-corrected chi connectivity index (χ2v) is 8.27. The molecule has 0 unspecified atom stereocenters. The van der Waals surface area contributed by atoms with Gasteiger partial charge in [0, 0.05) is 51.4 Å². The maximum atomic E-state index is 5.56. The van der Waals surface area contributed by atoms with E-state index in [9.17, 15) is 0 Å². The predicted octanol–water partition coefficient (Wildman–Crippen LogP) is 2.56. The number of piperidine rings is 1. The maximum absolute atomic E-state index is 5.56. The molecule has 1 spiro atoms. The molecule has 0 radical (unpaired) electrons. The number of aromatic nitrogens is 2. The lowest BCUT2D eigenvalue weighted by atomic mass is 9.78. The Balaban J connectivity index is 1.50. The van der Waals surface area contributed by atoms with Crippen molar-refractivity contribution in [1.82, 2.24) is 19.8 Å². The van der Waals surface area contributed by atoms with E-state index in [1.807, 2.05) is 6.33 Å². The van der Waals surface area contributed by atoms with Gasteiger partial charge in [-0.25, -0.2) is 4.98 Å². The van der Waals surface area contributed by atoms with Crippen LogP contribution in [0, 0.1) is 5.92 Å². The molecule has 1 aromatic heterocycles. The highest BCUT2D eigenvalue weighted by atomic mass is 16.5. The van der Waals surface area contributed by atoms with Gasteiger partial charge in [0.05, 0.1) is 24.2 Å². The van der Waals surface area contributed by atoms with Crippen molar-refractivity contribution in [3.63, 3.8) is 0 Å². The van der Waals surface area contributed by atoms with Crippen LogP contribution >= 0.6 is 0 Å². The first-order valence-electron chi connectivity index (χ1n) is 9.88. The van der Waals surface area contributed by atoms with Crippen molar-refractivity contribution in [3.05, 3.63) is 29.4 Å². The zero-order valence-corrected chi connectivity index (χ0v) is 15.8. The first kappa shape index (κ1) is 17.3. The third-order valence-corrected chi connectivity index (χ3v) is 6.34. The van der Waals surface area contributed by atoms with Gasteiger partial charge in [0.2, 0.25) is 0 Å². The molecule has 138 valence electrons. The van der Waals surface area contributed by atoms with Gasteiger partial charge >= 0.3 is 0 Å². The number of rotatable bonds is 4. The highest BCUT2D eigenvalue weighted by molar-refractivity contribution is 5.27. The first-order valence-corrected chi connectivity index (χ1v) is 9.88. The van der Waals surface area contributed by atoms with E-state index in [1.165, 1.54) is 55.9 Å². The molecule has 4 heterocycles. The molecular formula is C20H32N4O. The molecule has 1 aromatic rings. The minimum atomic E-state index is 0.127. The van der Waals surface area contributed by atoms with E-state index < -0.39 is 0 Å². The molecule has 3 aliphatic heterocycles. The standard InChI is InChI=1S/C20H32N4O/c1-16(2)3-8-24-9-4-18-19(22-15-21-18)20(24)6-10-23(11-7-20)13-17-5-12-25-14-17/h3,15,17H,4-14H2,1-2H3,(H,21,22)/t17-/m0/s1. The highest BCUT2D eigenvalue weighted by Crippen LogP contribution is 2.42. The summed E-state index contributed by atoms with van der Waals surface area (Å²) in [5.74, 6) is 0.739. The Labute approximate surface area is 151 Å². The molecule has 0 bridgehead atoms. The second kappa shape index (κ2) is 7.22. The van der Waals surface area contributed by atoms with E-state index >= 15 is 0 Å². The molecule has 0 saturated carbocycles. The topological polar surface area (TPSA) is 44.4 Å². The number of allylic oxidation sites excluding steroid dienone is 1. The second-order valence-electron chi connectivity index (χ2n) is 8.27. The van der Waals surface area contributed by atoms with Gasteiger partial charge in [-0.15, -0.1) is 0 Å². The van der Waals surface area contributed by atoms with Gasteiger partial charge in [-0.05, 0) is 39.0 Å². The van der Waals surface area contributed by atoms with E-state index in [4.69, 9.17) is 9.72 Å². The molecule has 5 nitrogen and oxygen atoms in total. The van der Waals surface area contributed by atoms with E-state index in [2.05, 4.69) is 34.7 Å². The van der Waals surface area contributed by atoms with Crippen LogP contribution in [0.1, 0.15) is 44.5 Å². The van der Waals surface area contributed by atoms with Crippen molar-refractivity contribution >= 4 is 0 Å². The molecular weight excluding hydrogens is 312 g/mol. The Morgan fingerprint density at radius 2 is 2.20 bits per heavy atom. The molecule has 3 aliphatic rings. The Bertz CT molecular complexity index is 605. The first-order chi connectivity index (χ1) is 12.2. The summed E-state index contributed by atoms with van der Waals surface area (Å²) in [5.41, 5.74) is 4.22. The van der Waals surface area contributed by atoms with Gasteiger partial charge in [-0.3, -0.25) is 4.90 Å². The van der Waals surface area contributed by atoms with E-state index in [1.54, 1.807) is 0 Å². The van der Waals surface area contributed by atoms with Crippen LogP contribution in [0.25, 0.3) is 0 Å². The summed E-state index contributed by atoms with van der Waals surface area (Å²) >= 11 is 0. The summed E-state index contributed by atoms with van der Waals surface area (Å²) in [4.78, 5) is 13.5. The van der Waals surface area contributed by atoms with E-state index in [-0.39, 0.29) is 5.54 Å². The fraction of sp³-hybridized carbons (Fsp3) is 0.750. The van der Waals surface area contributed by atoms with E-state index in [0.717, 1.165) is 38.6 Å². The molecule has 0 aliphatic carbocycles. The molecule has 1 N–H and O–H groups in total. The summed E-state index contributed by atoms with van der Waals surface area (Å²) in [6.45, 7) is 12.0. The van der Waals surface area contributed by atoms with Gasteiger partial charge in [-0.2, -0.15) is 0 Å². The number of fused-ring (bicyclic) bond motifs is 2. The van der Waals surface area contributed by atoms with Gasteiger partial charge in [0.25, 0.3) is 0 Å². The van der Waals surface area contributed by atoms with Crippen molar-refractivity contribution in [1.29, 1.82) is 0 Å². The molecule has 0 amide bonds. The maximum Gasteiger partial charge on any atom is 0.0926 e. The van der Waals surface area contributed by atoms with E-state index in [0.29, 0.717) is 0 Å². The third kappa shape index (κ3) is 3.42. The van der Waals surface area contributed by atoms with Gasteiger partial charge in [-0.1, -0.05) is 11.6 Å². The fourth-order valence-corrected chi connectivity index (χ4v) is 4.83. The summed E-state index contributed by atoms with van der Waals surface area (Å²) in [7, 11) is 0. The number of nitrogens with zero attached hydrogens (tertiary/aromatic N) is 3. The number of imidazole rings is 1. The minimum absolute atomic E-state index is 0.127. The Morgan fingerprint density at radius 1 is 1.36 bits per heavy atom. The van der Waals surface area contributed by atoms with Crippen LogP contribution in [0.15, 0.2) is 18.0 Å². The molecule has 2 fully saturated rings. The van der Waals surface area contributed by atoms with Crippen LogP contribution in [0.4, 0.5) is 0 Å². The van der Waals surface area contributed by atoms with Crippen LogP contribution in [-0.2, 0) is 16.7 Å². The molecule has 25 heavy (non-hydrogen) atoms. The smallest absolute Gasteiger partial charge is 0.0926 e. The zero-order chi connectivity index (χ0) is 17.3. The molecule has 5 heteroatoms. The van der Waals surface area contributed by atoms with Gasteiger partial charge < -0.3 is 14.6 Å². The number of hydrogen-bond acceptors (Lipinski definition) is 4. The van der Waals surface area contributed by atoms with Crippen molar-refractivity contribution in [2.45, 2.75) is 45.1 Å². The van der Waals surface area contributed by atoms with Crippen LogP contribution in [0.3, 0.4) is 0 Å². The lowest BCUT2D eigenvalue weighted by Gasteiger charge is -2.50. The average Bonchev–Trinajstić information content (AvgIpc) is 3.28. The Morgan fingerprint density at radius 3 is 2.92 bits per heavy atom. The lowest BCUT2D eigenvalue weighted by Crippen LogP contribution is -2.56. The van der Waals surface area contributed by atoms with Gasteiger partial charge in [0.1, 0.15) is 0 Å². The number of likely N-dealkylation sites (tertiary alicyclic amines) is 1. The number of nitrogens with one attached hydrogen (secondary N) is 1. The lowest BCUT2D eigenvalue weighted by molar-refractivity contribution is 0.00916. The third-order valence-electron chi connectivity index (χ3n) is 6.34. The van der Waals surface area contributed by atoms with Gasteiger partial charge in [0.15, 0.2) is 0 Å². The average molecular weight is 345 g/mol. The van der Waals surface area contributed by atoms with Crippen LogP contribution < -0.4 is 0 Å². The molecule has 4 rings (SSSR count).